The summed E-state index contributed by atoms with van der Waals surface area (Å²) < 4.78 is 25.3. The second kappa shape index (κ2) is 10.1. The van der Waals surface area contributed by atoms with Crippen molar-refractivity contribution in [3.8, 4) is 0 Å². The van der Waals surface area contributed by atoms with Crippen molar-refractivity contribution in [2.45, 2.75) is 11.3 Å². The number of rotatable bonds is 7. The molecule has 0 spiro atoms. The van der Waals surface area contributed by atoms with Gasteiger partial charge in [-0.25, -0.2) is 13.4 Å². The van der Waals surface area contributed by atoms with Crippen molar-refractivity contribution in [3.63, 3.8) is 0 Å². The van der Waals surface area contributed by atoms with Crippen LogP contribution in [0, 0.1) is 0 Å². The molecule has 0 saturated heterocycles. The molecular weight excluding hydrogens is 465 g/mol. The minimum Gasteiger partial charge on any atom is -0.309 e. The molecule has 3 rings (SSSR count). The van der Waals surface area contributed by atoms with Crippen LogP contribution in [0.3, 0.4) is 0 Å². The minimum atomic E-state index is -3.55. The van der Waals surface area contributed by atoms with E-state index in [2.05, 4.69) is 4.98 Å². The number of halogens is 2. The zero-order valence-corrected chi connectivity index (χ0v) is 20.0. The maximum atomic E-state index is 13.4. The van der Waals surface area contributed by atoms with Crippen molar-refractivity contribution >= 4 is 66.4 Å². The molecule has 3 aromatic rings. The van der Waals surface area contributed by atoms with E-state index >= 15 is 0 Å². The van der Waals surface area contributed by atoms with Gasteiger partial charge in [0.1, 0.15) is 0 Å². The number of amides is 1. The summed E-state index contributed by atoms with van der Waals surface area (Å²) in [6.45, 7) is 1.21. The highest BCUT2D eigenvalue weighted by atomic mass is 35.5. The van der Waals surface area contributed by atoms with Gasteiger partial charge < -0.3 is 4.90 Å². The van der Waals surface area contributed by atoms with Crippen molar-refractivity contribution in [2.75, 3.05) is 38.3 Å². The standard InChI is InChI=1S/C20H22ClN3O3S2.ClH/c1-23(2)11-6-12-24(20-22-16-10-9-14(21)13-17(16)28-20)19(25)15-7-4-5-8-18(15)29(3,26)27;/h4-5,7-10,13H,6,11-12H2,1-3H3;1H. The van der Waals surface area contributed by atoms with Gasteiger partial charge in [0.2, 0.25) is 0 Å². The normalized spacial score (nSPS) is 11.5. The molecule has 1 aromatic heterocycles. The Kier molecular flexibility index (Phi) is 8.24. The van der Waals surface area contributed by atoms with Crippen LogP contribution in [0.2, 0.25) is 5.02 Å². The fourth-order valence-electron chi connectivity index (χ4n) is 2.94. The largest absolute Gasteiger partial charge is 0.309 e. The summed E-state index contributed by atoms with van der Waals surface area (Å²) >= 11 is 7.44. The summed E-state index contributed by atoms with van der Waals surface area (Å²) in [6.07, 6.45) is 1.83. The lowest BCUT2D eigenvalue weighted by Gasteiger charge is -2.22. The summed E-state index contributed by atoms with van der Waals surface area (Å²) in [5.41, 5.74) is 0.897. The third-order valence-electron chi connectivity index (χ3n) is 4.32. The van der Waals surface area contributed by atoms with Crippen molar-refractivity contribution < 1.29 is 13.2 Å². The van der Waals surface area contributed by atoms with Gasteiger partial charge in [-0.3, -0.25) is 9.69 Å². The topological polar surface area (TPSA) is 70.6 Å². The highest BCUT2D eigenvalue weighted by Crippen LogP contribution is 2.32. The number of hydrogen-bond donors (Lipinski definition) is 0. The number of anilines is 1. The van der Waals surface area contributed by atoms with E-state index in [1.165, 1.54) is 17.4 Å². The maximum Gasteiger partial charge on any atom is 0.261 e. The quantitative estimate of drug-likeness (QED) is 0.494. The van der Waals surface area contributed by atoms with Crippen LogP contribution < -0.4 is 4.90 Å². The van der Waals surface area contributed by atoms with Crippen LogP contribution in [0.1, 0.15) is 16.8 Å². The van der Waals surface area contributed by atoms with Crippen LogP contribution in [-0.4, -0.2) is 57.6 Å². The smallest absolute Gasteiger partial charge is 0.261 e. The Balaban J connectivity index is 0.00000320. The van der Waals surface area contributed by atoms with E-state index in [4.69, 9.17) is 11.6 Å². The van der Waals surface area contributed by atoms with Gasteiger partial charge in [-0.15, -0.1) is 12.4 Å². The van der Waals surface area contributed by atoms with Gasteiger partial charge >= 0.3 is 0 Å². The van der Waals surface area contributed by atoms with Crippen LogP contribution in [-0.2, 0) is 9.84 Å². The predicted octanol–water partition coefficient (Wildman–Crippen LogP) is 4.37. The molecule has 162 valence electrons. The molecule has 0 aliphatic carbocycles. The Labute approximate surface area is 191 Å². The Morgan fingerprint density at radius 2 is 1.83 bits per heavy atom. The molecule has 0 bridgehead atoms. The Bertz CT molecular complexity index is 1150. The minimum absolute atomic E-state index is 0. The first-order chi connectivity index (χ1) is 13.7. The summed E-state index contributed by atoms with van der Waals surface area (Å²) in [7, 11) is 0.378. The molecule has 6 nitrogen and oxygen atoms in total. The first-order valence-electron chi connectivity index (χ1n) is 8.98. The molecule has 0 aliphatic heterocycles. The highest BCUT2D eigenvalue weighted by molar-refractivity contribution is 7.90. The first kappa shape index (κ1) is 24.6. The summed E-state index contributed by atoms with van der Waals surface area (Å²) in [5.74, 6) is -0.380. The van der Waals surface area contributed by atoms with E-state index in [0.29, 0.717) is 16.7 Å². The van der Waals surface area contributed by atoms with Gasteiger partial charge in [0.05, 0.1) is 20.7 Å². The summed E-state index contributed by atoms with van der Waals surface area (Å²) in [4.78, 5) is 21.6. The molecule has 0 N–H and O–H groups in total. The predicted molar refractivity (Wildman–Crippen MR) is 126 cm³/mol. The molecular formula is C20H23Cl2N3O3S2. The average Bonchev–Trinajstić information content (AvgIpc) is 3.06. The summed E-state index contributed by atoms with van der Waals surface area (Å²) in [5, 5.41) is 1.12. The number of thiazole rings is 1. The van der Waals surface area contributed by atoms with E-state index in [1.807, 2.05) is 31.1 Å². The zero-order chi connectivity index (χ0) is 21.2. The SMILES string of the molecule is CN(C)CCCN(C(=O)c1ccccc1S(C)(=O)=O)c1nc2ccc(Cl)cc2s1.Cl. The molecule has 1 heterocycles. The van der Waals surface area contributed by atoms with Gasteiger partial charge in [-0.2, -0.15) is 0 Å². The van der Waals surface area contributed by atoms with E-state index in [0.717, 1.165) is 29.4 Å². The highest BCUT2D eigenvalue weighted by Gasteiger charge is 2.26. The van der Waals surface area contributed by atoms with Gasteiger partial charge in [-0.1, -0.05) is 35.1 Å². The van der Waals surface area contributed by atoms with Gasteiger partial charge in [0, 0.05) is 17.8 Å². The van der Waals surface area contributed by atoms with Crippen LogP contribution in [0.25, 0.3) is 10.2 Å². The second-order valence-electron chi connectivity index (χ2n) is 6.99. The maximum absolute atomic E-state index is 13.4. The number of benzene rings is 2. The molecule has 30 heavy (non-hydrogen) atoms. The van der Waals surface area contributed by atoms with Crippen LogP contribution >= 0.6 is 35.3 Å². The average molecular weight is 488 g/mol. The number of hydrogen-bond acceptors (Lipinski definition) is 6. The molecule has 2 aromatic carbocycles. The van der Waals surface area contributed by atoms with Gasteiger partial charge in [0.25, 0.3) is 5.91 Å². The third kappa shape index (κ3) is 5.70. The van der Waals surface area contributed by atoms with Crippen molar-refractivity contribution in [1.82, 2.24) is 9.88 Å². The van der Waals surface area contributed by atoms with Gasteiger partial charge in [-0.05, 0) is 57.4 Å². The number of carbonyl (C=O) groups is 1. The second-order valence-corrected chi connectivity index (χ2v) is 10.4. The number of aromatic nitrogens is 1. The first-order valence-corrected chi connectivity index (χ1v) is 12.1. The molecule has 1 amide bonds. The van der Waals surface area contributed by atoms with Crippen molar-refractivity contribution in [3.05, 3.63) is 53.1 Å². The molecule has 0 fully saturated rings. The molecule has 0 aliphatic rings. The lowest BCUT2D eigenvalue weighted by Crippen LogP contribution is -2.34. The molecule has 0 unspecified atom stereocenters. The molecule has 10 heteroatoms. The zero-order valence-electron chi connectivity index (χ0n) is 16.8. The van der Waals surface area contributed by atoms with Crippen LogP contribution in [0.15, 0.2) is 47.4 Å². The number of fused-ring (bicyclic) bond motifs is 1. The Morgan fingerprint density at radius 3 is 2.50 bits per heavy atom. The van der Waals surface area contributed by atoms with Crippen molar-refractivity contribution in [2.24, 2.45) is 0 Å². The van der Waals surface area contributed by atoms with Crippen LogP contribution in [0.4, 0.5) is 5.13 Å². The monoisotopic (exact) mass is 487 g/mol. The molecule has 0 atom stereocenters. The number of nitrogens with zero attached hydrogens (tertiary/aromatic N) is 3. The third-order valence-corrected chi connectivity index (χ3v) is 6.75. The lowest BCUT2D eigenvalue weighted by atomic mass is 10.2. The van der Waals surface area contributed by atoms with E-state index in [9.17, 15) is 13.2 Å². The Hall–Kier alpha value is -1.71. The molecule has 0 radical (unpaired) electrons. The van der Waals surface area contributed by atoms with E-state index in [1.54, 1.807) is 29.2 Å². The Morgan fingerprint density at radius 1 is 1.13 bits per heavy atom. The van der Waals surface area contributed by atoms with E-state index < -0.39 is 9.84 Å². The summed E-state index contributed by atoms with van der Waals surface area (Å²) in [6, 6.07) is 11.7. The lowest BCUT2D eigenvalue weighted by molar-refractivity contribution is 0.0983. The fourth-order valence-corrected chi connectivity index (χ4v) is 5.09. The van der Waals surface area contributed by atoms with Crippen LogP contribution in [0.5, 0.6) is 0 Å². The van der Waals surface area contributed by atoms with E-state index in [-0.39, 0.29) is 28.8 Å². The number of sulfone groups is 1. The number of carbonyl (C=O) groups excluding carboxylic acids is 1. The fraction of sp³-hybridized carbons (Fsp3) is 0.300. The van der Waals surface area contributed by atoms with Gasteiger partial charge in [0.15, 0.2) is 15.0 Å². The molecule has 0 saturated carbocycles. The van der Waals surface area contributed by atoms with Crippen molar-refractivity contribution in [1.29, 1.82) is 0 Å².